The number of allylic oxidation sites excluding steroid dienone is 1. The van der Waals surface area contributed by atoms with Crippen molar-refractivity contribution in [2.75, 3.05) is 12.5 Å². The molecular formula is C16H18N4O. The molecule has 0 spiro atoms. The van der Waals surface area contributed by atoms with Gasteiger partial charge in [0.2, 0.25) is 5.95 Å². The number of ether oxygens (including phenoxy) is 1. The first-order valence-corrected chi connectivity index (χ1v) is 6.60. The topological polar surface area (TPSA) is 59.4 Å². The van der Waals surface area contributed by atoms with Gasteiger partial charge in [-0.3, -0.25) is 0 Å². The van der Waals surface area contributed by atoms with Crippen LogP contribution in [0, 0.1) is 13.8 Å². The van der Waals surface area contributed by atoms with E-state index in [4.69, 9.17) is 4.74 Å². The molecule has 0 radical (unpaired) electrons. The van der Waals surface area contributed by atoms with Gasteiger partial charge < -0.3 is 4.74 Å². The predicted octanol–water partition coefficient (Wildman–Crippen LogP) is 3.21. The molecule has 108 valence electrons. The van der Waals surface area contributed by atoms with E-state index < -0.39 is 0 Å². The molecule has 0 amide bonds. The fourth-order valence-electron chi connectivity index (χ4n) is 1.86. The standard InChI is InChI=1S/C16H18N4O/c1-12-11-13(2)19-16(18-12)20-17-10-6-8-14-7-4-5-9-15(14)21-3/h4-11H,1-3H3,(H,18,19,20)/b8-6+,17-10-. The molecule has 0 aliphatic heterocycles. The number of benzene rings is 1. The van der Waals surface area contributed by atoms with Gasteiger partial charge in [0.15, 0.2) is 0 Å². The van der Waals surface area contributed by atoms with Crippen LogP contribution in [0.1, 0.15) is 17.0 Å². The van der Waals surface area contributed by atoms with Crippen LogP contribution in [-0.2, 0) is 0 Å². The van der Waals surface area contributed by atoms with Crippen LogP contribution in [0.5, 0.6) is 5.75 Å². The molecule has 1 N–H and O–H groups in total. The number of aryl methyl sites for hydroxylation is 2. The maximum Gasteiger partial charge on any atom is 0.243 e. The second-order valence-electron chi connectivity index (χ2n) is 4.47. The minimum atomic E-state index is 0.495. The van der Waals surface area contributed by atoms with Crippen LogP contribution in [0.3, 0.4) is 0 Å². The lowest BCUT2D eigenvalue weighted by atomic mass is 10.2. The molecule has 0 fully saturated rings. The minimum Gasteiger partial charge on any atom is -0.496 e. The van der Waals surface area contributed by atoms with E-state index in [1.54, 1.807) is 13.3 Å². The highest BCUT2D eigenvalue weighted by Gasteiger charge is 1.97. The van der Waals surface area contributed by atoms with E-state index in [-0.39, 0.29) is 0 Å². The van der Waals surface area contributed by atoms with E-state index in [1.807, 2.05) is 56.3 Å². The quantitative estimate of drug-likeness (QED) is 0.675. The van der Waals surface area contributed by atoms with Gasteiger partial charge in [0.05, 0.1) is 7.11 Å². The van der Waals surface area contributed by atoms with Gasteiger partial charge in [0, 0.05) is 23.2 Å². The van der Waals surface area contributed by atoms with Gasteiger partial charge in [-0.25, -0.2) is 15.4 Å². The summed E-state index contributed by atoms with van der Waals surface area (Å²) in [7, 11) is 1.65. The van der Waals surface area contributed by atoms with E-state index in [0.717, 1.165) is 22.7 Å². The van der Waals surface area contributed by atoms with Gasteiger partial charge in [-0.1, -0.05) is 18.2 Å². The molecule has 0 saturated carbocycles. The molecule has 5 nitrogen and oxygen atoms in total. The zero-order valence-electron chi connectivity index (χ0n) is 12.4. The number of hydrogen-bond acceptors (Lipinski definition) is 5. The fourth-order valence-corrected chi connectivity index (χ4v) is 1.86. The Morgan fingerprint density at radius 3 is 2.57 bits per heavy atom. The van der Waals surface area contributed by atoms with Gasteiger partial charge in [-0.15, -0.1) is 0 Å². The third-order valence-corrected chi connectivity index (χ3v) is 2.72. The molecule has 0 saturated heterocycles. The Labute approximate surface area is 124 Å². The number of hydrazone groups is 1. The highest BCUT2D eigenvalue weighted by Crippen LogP contribution is 2.18. The van der Waals surface area contributed by atoms with Crippen LogP contribution < -0.4 is 10.2 Å². The molecular weight excluding hydrogens is 264 g/mol. The predicted molar refractivity (Wildman–Crippen MR) is 85.6 cm³/mol. The second-order valence-corrected chi connectivity index (χ2v) is 4.47. The highest BCUT2D eigenvalue weighted by molar-refractivity contribution is 5.79. The summed E-state index contributed by atoms with van der Waals surface area (Å²) in [5.41, 5.74) is 5.61. The SMILES string of the molecule is COc1ccccc1/C=C/C=N\Nc1nc(C)cc(C)n1. The van der Waals surface area contributed by atoms with Crippen molar-refractivity contribution in [3.63, 3.8) is 0 Å². The Balaban J connectivity index is 1.97. The maximum absolute atomic E-state index is 5.27. The van der Waals surface area contributed by atoms with E-state index in [2.05, 4.69) is 20.5 Å². The third kappa shape index (κ3) is 4.42. The largest absolute Gasteiger partial charge is 0.496 e. The number of para-hydroxylation sites is 1. The summed E-state index contributed by atoms with van der Waals surface area (Å²) in [6.45, 7) is 3.84. The lowest BCUT2D eigenvalue weighted by Gasteiger charge is -2.02. The summed E-state index contributed by atoms with van der Waals surface area (Å²) in [5.74, 6) is 1.32. The van der Waals surface area contributed by atoms with Crippen LogP contribution in [0.2, 0.25) is 0 Å². The number of aromatic nitrogens is 2. The molecule has 2 rings (SSSR count). The molecule has 21 heavy (non-hydrogen) atoms. The van der Waals surface area contributed by atoms with E-state index in [0.29, 0.717) is 5.95 Å². The summed E-state index contributed by atoms with van der Waals surface area (Å²) in [5, 5.41) is 4.07. The first-order valence-electron chi connectivity index (χ1n) is 6.60. The van der Waals surface area contributed by atoms with Gasteiger partial charge in [0.1, 0.15) is 5.75 Å². The maximum atomic E-state index is 5.27. The number of hydrogen-bond donors (Lipinski definition) is 1. The lowest BCUT2D eigenvalue weighted by molar-refractivity contribution is 0.414. The van der Waals surface area contributed by atoms with Gasteiger partial charge in [0.25, 0.3) is 0 Å². The summed E-state index contributed by atoms with van der Waals surface area (Å²) in [4.78, 5) is 8.47. The Kier molecular flexibility index (Phi) is 5.04. The Bertz CT molecular complexity index is 645. The lowest BCUT2D eigenvalue weighted by Crippen LogP contribution is -1.98. The molecule has 0 unspecified atom stereocenters. The Hall–Kier alpha value is -2.69. The van der Waals surface area contributed by atoms with Gasteiger partial charge in [-0.05, 0) is 38.1 Å². The number of rotatable bonds is 5. The average Bonchev–Trinajstić information content (AvgIpc) is 2.46. The fraction of sp³-hybridized carbons (Fsp3) is 0.188. The summed E-state index contributed by atoms with van der Waals surface area (Å²) < 4.78 is 5.27. The molecule has 0 atom stereocenters. The number of nitrogens with zero attached hydrogens (tertiary/aromatic N) is 3. The van der Waals surface area contributed by atoms with Crippen LogP contribution >= 0.6 is 0 Å². The van der Waals surface area contributed by atoms with Crippen molar-refractivity contribution in [2.45, 2.75) is 13.8 Å². The molecule has 5 heteroatoms. The number of nitrogens with one attached hydrogen (secondary N) is 1. The van der Waals surface area contributed by atoms with Crippen molar-refractivity contribution in [2.24, 2.45) is 5.10 Å². The average molecular weight is 282 g/mol. The third-order valence-electron chi connectivity index (χ3n) is 2.72. The van der Waals surface area contributed by atoms with E-state index >= 15 is 0 Å². The van der Waals surface area contributed by atoms with Gasteiger partial charge >= 0.3 is 0 Å². The van der Waals surface area contributed by atoms with Crippen molar-refractivity contribution in [1.82, 2.24) is 9.97 Å². The first kappa shape index (κ1) is 14.7. The monoisotopic (exact) mass is 282 g/mol. The molecule has 1 aromatic heterocycles. The molecule has 0 aliphatic carbocycles. The zero-order valence-corrected chi connectivity index (χ0v) is 12.4. The molecule has 0 bridgehead atoms. The summed E-state index contributed by atoms with van der Waals surface area (Å²) in [6, 6.07) is 9.70. The van der Waals surface area contributed by atoms with Crippen LogP contribution in [0.25, 0.3) is 6.08 Å². The summed E-state index contributed by atoms with van der Waals surface area (Å²) >= 11 is 0. The highest BCUT2D eigenvalue weighted by atomic mass is 16.5. The Morgan fingerprint density at radius 2 is 1.86 bits per heavy atom. The number of anilines is 1. The minimum absolute atomic E-state index is 0.495. The van der Waals surface area contributed by atoms with Crippen LogP contribution in [0.15, 0.2) is 41.5 Å². The van der Waals surface area contributed by atoms with Gasteiger partial charge in [-0.2, -0.15) is 5.10 Å². The van der Waals surface area contributed by atoms with E-state index in [1.165, 1.54) is 0 Å². The van der Waals surface area contributed by atoms with Crippen molar-refractivity contribution < 1.29 is 4.74 Å². The van der Waals surface area contributed by atoms with Crippen molar-refractivity contribution >= 4 is 18.2 Å². The van der Waals surface area contributed by atoms with Crippen molar-refractivity contribution in [1.29, 1.82) is 0 Å². The second kappa shape index (κ2) is 7.19. The normalized spacial score (nSPS) is 11.2. The summed E-state index contributed by atoms with van der Waals surface area (Å²) in [6.07, 6.45) is 5.40. The van der Waals surface area contributed by atoms with Crippen molar-refractivity contribution in [3.05, 3.63) is 53.4 Å². The van der Waals surface area contributed by atoms with E-state index in [9.17, 15) is 0 Å². The molecule has 0 aliphatic rings. The van der Waals surface area contributed by atoms with Crippen molar-refractivity contribution in [3.8, 4) is 5.75 Å². The molecule has 2 aromatic rings. The van der Waals surface area contributed by atoms with Crippen LogP contribution in [-0.4, -0.2) is 23.3 Å². The zero-order chi connectivity index (χ0) is 15.1. The Morgan fingerprint density at radius 1 is 1.14 bits per heavy atom. The first-order chi connectivity index (χ1) is 10.2. The van der Waals surface area contributed by atoms with Crippen LogP contribution in [0.4, 0.5) is 5.95 Å². The smallest absolute Gasteiger partial charge is 0.243 e. The molecule has 1 heterocycles. The number of methoxy groups -OCH3 is 1. The molecule has 1 aromatic carbocycles.